The molecular weight excluding hydrogens is 280 g/mol. The molecule has 0 aliphatic heterocycles. The zero-order valence-corrected chi connectivity index (χ0v) is 11.8. The number of esters is 1. The Kier molecular flexibility index (Phi) is 4.48. The Balaban J connectivity index is 2.27. The van der Waals surface area contributed by atoms with Crippen LogP contribution in [0.4, 0.5) is 0 Å². The van der Waals surface area contributed by atoms with E-state index in [0.717, 1.165) is 0 Å². The molecule has 0 radical (unpaired) electrons. The van der Waals surface area contributed by atoms with Crippen molar-refractivity contribution in [3.05, 3.63) is 53.1 Å². The molecule has 0 amide bonds. The van der Waals surface area contributed by atoms with Crippen LogP contribution in [0.25, 0.3) is 0 Å². The average molecular weight is 293 g/mol. The minimum atomic E-state index is -0.525. The predicted octanol–water partition coefficient (Wildman–Crippen LogP) is 3.58. The maximum absolute atomic E-state index is 12.2. The molecule has 0 N–H and O–H groups in total. The van der Waals surface area contributed by atoms with Gasteiger partial charge in [-0.2, -0.15) is 0 Å². The van der Waals surface area contributed by atoms with Gasteiger partial charge in [-0.05, 0) is 36.4 Å². The minimum Gasteiger partial charge on any atom is -0.493 e. The molecule has 0 heterocycles. The highest BCUT2D eigenvalue weighted by molar-refractivity contribution is 6.30. The van der Waals surface area contributed by atoms with Gasteiger partial charge >= 0.3 is 5.97 Å². The first-order chi connectivity index (χ1) is 9.65. The Morgan fingerprint density at radius 3 is 2.30 bits per heavy atom. The second-order valence-corrected chi connectivity index (χ2v) is 4.32. The monoisotopic (exact) mass is 292 g/mol. The standard InChI is InChI=1S/C15H13ClO4/c1-18-13-5-3-4-12(14(13)19-2)15(17)20-11-8-6-10(16)7-9-11/h3-9H,1-2H3. The van der Waals surface area contributed by atoms with Crippen LogP contribution < -0.4 is 14.2 Å². The first kappa shape index (κ1) is 14.2. The van der Waals surface area contributed by atoms with Gasteiger partial charge in [0.2, 0.25) is 0 Å². The van der Waals surface area contributed by atoms with Gasteiger partial charge in [0, 0.05) is 5.02 Å². The summed E-state index contributed by atoms with van der Waals surface area (Å²) in [5.74, 6) is 0.694. The first-order valence-electron chi connectivity index (χ1n) is 5.84. The van der Waals surface area contributed by atoms with Gasteiger partial charge in [-0.25, -0.2) is 4.79 Å². The number of para-hydroxylation sites is 1. The van der Waals surface area contributed by atoms with Gasteiger partial charge in [-0.3, -0.25) is 0 Å². The van der Waals surface area contributed by atoms with Gasteiger partial charge in [0.25, 0.3) is 0 Å². The minimum absolute atomic E-state index is 0.293. The fourth-order valence-electron chi connectivity index (χ4n) is 1.71. The molecule has 0 unspecified atom stereocenters. The Bertz CT molecular complexity index is 608. The van der Waals surface area contributed by atoms with Gasteiger partial charge in [0.15, 0.2) is 11.5 Å². The quantitative estimate of drug-likeness (QED) is 0.638. The molecule has 5 heteroatoms. The van der Waals surface area contributed by atoms with Crippen molar-refractivity contribution < 1.29 is 19.0 Å². The highest BCUT2D eigenvalue weighted by atomic mass is 35.5. The van der Waals surface area contributed by atoms with Crippen molar-refractivity contribution in [2.24, 2.45) is 0 Å². The van der Waals surface area contributed by atoms with E-state index in [2.05, 4.69) is 0 Å². The lowest BCUT2D eigenvalue weighted by atomic mass is 10.2. The van der Waals surface area contributed by atoms with Gasteiger partial charge < -0.3 is 14.2 Å². The smallest absolute Gasteiger partial charge is 0.347 e. The molecule has 0 aliphatic carbocycles. The van der Waals surface area contributed by atoms with Crippen molar-refractivity contribution in [2.45, 2.75) is 0 Å². The molecule has 0 saturated carbocycles. The van der Waals surface area contributed by atoms with E-state index in [0.29, 0.717) is 27.8 Å². The lowest BCUT2D eigenvalue weighted by Gasteiger charge is -2.11. The molecule has 0 atom stereocenters. The second-order valence-electron chi connectivity index (χ2n) is 3.88. The van der Waals surface area contributed by atoms with Crippen LogP contribution in [-0.2, 0) is 0 Å². The molecule has 0 spiro atoms. The van der Waals surface area contributed by atoms with E-state index in [9.17, 15) is 4.79 Å². The maximum atomic E-state index is 12.2. The number of hydrogen-bond acceptors (Lipinski definition) is 4. The SMILES string of the molecule is COc1cccc(C(=O)Oc2ccc(Cl)cc2)c1OC. The Hall–Kier alpha value is -2.20. The van der Waals surface area contributed by atoms with Crippen molar-refractivity contribution >= 4 is 17.6 Å². The molecule has 0 fully saturated rings. The topological polar surface area (TPSA) is 44.8 Å². The summed E-state index contributed by atoms with van der Waals surface area (Å²) < 4.78 is 15.6. The highest BCUT2D eigenvalue weighted by Gasteiger charge is 2.18. The van der Waals surface area contributed by atoms with Crippen LogP contribution in [0, 0.1) is 0 Å². The first-order valence-corrected chi connectivity index (χ1v) is 6.22. The normalized spacial score (nSPS) is 9.95. The number of halogens is 1. The third-order valence-corrected chi connectivity index (χ3v) is 2.90. The second kappa shape index (κ2) is 6.30. The van der Waals surface area contributed by atoms with Gasteiger partial charge in [-0.15, -0.1) is 0 Å². The summed E-state index contributed by atoms with van der Waals surface area (Å²) in [7, 11) is 2.98. The Morgan fingerprint density at radius 1 is 1.00 bits per heavy atom. The van der Waals surface area contributed by atoms with Crippen LogP contribution in [0.3, 0.4) is 0 Å². The summed E-state index contributed by atoms with van der Waals surface area (Å²) in [6.07, 6.45) is 0. The third kappa shape index (κ3) is 3.03. The summed E-state index contributed by atoms with van der Waals surface area (Å²) in [4.78, 5) is 12.2. The molecule has 2 rings (SSSR count). The summed E-state index contributed by atoms with van der Waals surface area (Å²) in [5, 5.41) is 0.573. The number of carbonyl (C=O) groups is 1. The summed E-state index contributed by atoms with van der Waals surface area (Å²) in [6.45, 7) is 0. The largest absolute Gasteiger partial charge is 0.493 e. The third-order valence-electron chi connectivity index (χ3n) is 2.65. The van der Waals surface area contributed by atoms with Crippen LogP contribution >= 0.6 is 11.6 Å². The predicted molar refractivity (Wildman–Crippen MR) is 76.0 cm³/mol. The number of hydrogen-bond donors (Lipinski definition) is 0. The van der Waals surface area contributed by atoms with E-state index in [-0.39, 0.29) is 0 Å². The zero-order chi connectivity index (χ0) is 14.5. The van der Waals surface area contributed by atoms with E-state index in [1.54, 1.807) is 42.5 Å². The van der Waals surface area contributed by atoms with Crippen molar-refractivity contribution in [1.82, 2.24) is 0 Å². The van der Waals surface area contributed by atoms with Gasteiger partial charge in [-0.1, -0.05) is 17.7 Å². The Labute approximate surface area is 121 Å². The number of carbonyl (C=O) groups excluding carboxylic acids is 1. The average Bonchev–Trinajstić information content (AvgIpc) is 2.48. The lowest BCUT2D eigenvalue weighted by molar-refractivity contribution is 0.0730. The molecule has 0 aromatic heterocycles. The summed E-state index contributed by atoms with van der Waals surface area (Å²) >= 11 is 5.78. The van der Waals surface area contributed by atoms with E-state index >= 15 is 0 Å². The van der Waals surface area contributed by atoms with Crippen LogP contribution in [0.2, 0.25) is 5.02 Å². The van der Waals surface area contributed by atoms with Crippen molar-refractivity contribution in [2.75, 3.05) is 14.2 Å². The maximum Gasteiger partial charge on any atom is 0.347 e. The van der Waals surface area contributed by atoms with Crippen LogP contribution in [0.1, 0.15) is 10.4 Å². The van der Waals surface area contributed by atoms with Gasteiger partial charge in [0.05, 0.1) is 14.2 Å². The van der Waals surface area contributed by atoms with E-state index in [1.807, 2.05) is 0 Å². The molecule has 0 bridgehead atoms. The molecule has 2 aromatic carbocycles. The van der Waals surface area contributed by atoms with E-state index < -0.39 is 5.97 Å². The molecule has 0 saturated heterocycles. The van der Waals surface area contributed by atoms with E-state index in [1.165, 1.54) is 14.2 Å². The summed E-state index contributed by atoms with van der Waals surface area (Å²) in [5.41, 5.74) is 0.293. The lowest BCUT2D eigenvalue weighted by Crippen LogP contribution is -2.10. The van der Waals surface area contributed by atoms with Crippen LogP contribution in [-0.4, -0.2) is 20.2 Å². The molecule has 0 aliphatic rings. The van der Waals surface area contributed by atoms with Crippen molar-refractivity contribution in [1.29, 1.82) is 0 Å². The summed E-state index contributed by atoms with van der Waals surface area (Å²) in [6, 6.07) is 11.5. The fourth-order valence-corrected chi connectivity index (χ4v) is 1.84. The number of benzene rings is 2. The number of methoxy groups -OCH3 is 2. The van der Waals surface area contributed by atoms with E-state index in [4.69, 9.17) is 25.8 Å². The molecule has 4 nitrogen and oxygen atoms in total. The molecular formula is C15H13ClO4. The number of ether oxygens (including phenoxy) is 3. The molecule has 104 valence electrons. The van der Waals surface area contributed by atoms with Crippen molar-refractivity contribution in [3.63, 3.8) is 0 Å². The number of rotatable bonds is 4. The van der Waals surface area contributed by atoms with Crippen molar-refractivity contribution in [3.8, 4) is 17.2 Å². The zero-order valence-electron chi connectivity index (χ0n) is 11.1. The van der Waals surface area contributed by atoms with Gasteiger partial charge in [0.1, 0.15) is 11.3 Å². The fraction of sp³-hybridized carbons (Fsp3) is 0.133. The van der Waals surface area contributed by atoms with Crippen LogP contribution in [0.5, 0.6) is 17.2 Å². The highest BCUT2D eigenvalue weighted by Crippen LogP contribution is 2.31. The van der Waals surface area contributed by atoms with Crippen LogP contribution in [0.15, 0.2) is 42.5 Å². The molecule has 2 aromatic rings. The molecule has 20 heavy (non-hydrogen) atoms. The Morgan fingerprint density at radius 2 is 1.70 bits per heavy atom.